The highest BCUT2D eigenvalue weighted by Crippen LogP contribution is 2.31. The Hall–Kier alpha value is -3.75. The van der Waals surface area contributed by atoms with Crippen LogP contribution < -0.4 is 14.5 Å². The highest BCUT2D eigenvalue weighted by atomic mass is 16.5. The number of nitrogens with zero attached hydrogens (tertiary/aromatic N) is 5. The second-order valence-electron chi connectivity index (χ2n) is 10.4. The van der Waals surface area contributed by atoms with Crippen molar-refractivity contribution in [2.24, 2.45) is 0 Å². The quantitative estimate of drug-likeness (QED) is 0.337. The number of anilines is 2. The van der Waals surface area contributed by atoms with Gasteiger partial charge in [-0.3, -0.25) is 0 Å². The highest BCUT2D eigenvalue weighted by molar-refractivity contribution is 5.90. The van der Waals surface area contributed by atoms with Crippen LogP contribution in [0, 0.1) is 0 Å². The minimum atomic E-state index is -0.0322. The number of benzene rings is 2. The molecular formula is C31H35N5O3. The standard InChI is InChI=1S/C31H35N5O3/c1-21-19-36(20-22(2)38-21)31-33-29-27(30(34-31)35-15-17-37-18-16-35)13-14-28(32-29)25-9-11-26(12-10-25)39-23(3)24-7-5-4-6-8-24/h4-14,21-23H,15-20H2,1-3H3. The van der Waals surface area contributed by atoms with E-state index >= 15 is 0 Å². The Morgan fingerprint density at radius 3 is 2.26 bits per heavy atom. The monoisotopic (exact) mass is 525 g/mol. The van der Waals surface area contributed by atoms with E-state index in [9.17, 15) is 0 Å². The summed E-state index contributed by atoms with van der Waals surface area (Å²) in [5.74, 6) is 2.45. The molecule has 202 valence electrons. The number of aromatic nitrogens is 3. The minimum absolute atomic E-state index is 0.0322. The molecule has 2 saturated heterocycles. The van der Waals surface area contributed by atoms with Crippen molar-refractivity contribution in [1.82, 2.24) is 15.0 Å². The Kier molecular flexibility index (Phi) is 7.30. The Balaban J connectivity index is 1.31. The summed E-state index contributed by atoms with van der Waals surface area (Å²) in [6.07, 6.45) is 0.198. The van der Waals surface area contributed by atoms with E-state index in [-0.39, 0.29) is 18.3 Å². The Morgan fingerprint density at radius 2 is 1.54 bits per heavy atom. The lowest BCUT2D eigenvalue weighted by atomic mass is 10.1. The number of morpholine rings is 2. The zero-order valence-electron chi connectivity index (χ0n) is 22.8. The van der Waals surface area contributed by atoms with Crippen molar-refractivity contribution in [3.63, 3.8) is 0 Å². The van der Waals surface area contributed by atoms with Gasteiger partial charge in [0.15, 0.2) is 5.65 Å². The lowest BCUT2D eigenvalue weighted by Gasteiger charge is -2.36. The summed E-state index contributed by atoms with van der Waals surface area (Å²) in [7, 11) is 0. The normalized spacial score (nSPS) is 20.7. The summed E-state index contributed by atoms with van der Waals surface area (Å²) in [5.41, 5.74) is 3.72. The minimum Gasteiger partial charge on any atom is -0.486 e. The number of fused-ring (bicyclic) bond motifs is 1. The van der Waals surface area contributed by atoms with Crippen LogP contribution in [0.1, 0.15) is 32.4 Å². The average molecular weight is 526 g/mol. The summed E-state index contributed by atoms with van der Waals surface area (Å²) in [6.45, 7) is 10.7. The fourth-order valence-electron chi connectivity index (χ4n) is 5.34. The lowest BCUT2D eigenvalue weighted by Crippen LogP contribution is -2.46. The molecule has 0 N–H and O–H groups in total. The van der Waals surface area contributed by atoms with E-state index < -0.39 is 0 Å². The van der Waals surface area contributed by atoms with Crippen LogP contribution in [0.3, 0.4) is 0 Å². The van der Waals surface area contributed by atoms with Gasteiger partial charge in [-0.25, -0.2) is 4.98 Å². The van der Waals surface area contributed by atoms with Gasteiger partial charge in [0, 0.05) is 31.7 Å². The predicted molar refractivity (Wildman–Crippen MR) is 154 cm³/mol. The van der Waals surface area contributed by atoms with Crippen LogP contribution in [0.25, 0.3) is 22.3 Å². The molecule has 3 atom stereocenters. The van der Waals surface area contributed by atoms with Crippen molar-refractivity contribution in [2.75, 3.05) is 49.2 Å². The van der Waals surface area contributed by atoms with Crippen molar-refractivity contribution in [2.45, 2.75) is 39.1 Å². The van der Waals surface area contributed by atoms with Crippen molar-refractivity contribution in [3.8, 4) is 17.0 Å². The zero-order valence-corrected chi connectivity index (χ0v) is 22.8. The number of rotatable bonds is 6. The van der Waals surface area contributed by atoms with Crippen LogP contribution in [0.4, 0.5) is 11.8 Å². The van der Waals surface area contributed by atoms with Gasteiger partial charge in [0.2, 0.25) is 5.95 Å². The fourth-order valence-corrected chi connectivity index (χ4v) is 5.34. The van der Waals surface area contributed by atoms with E-state index in [4.69, 9.17) is 29.2 Å². The highest BCUT2D eigenvalue weighted by Gasteiger charge is 2.26. The Morgan fingerprint density at radius 1 is 0.821 bits per heavy atom. The molecule has 8 heteroatoms. The molecule has 4 heterocycles. The van der Waals surface area contributed by atoms with Gasteiger partial charge in [0.1, 0.15) is 17.7 Å². The molecule has 2 fully saturated rings. The van der Waals surface area contributed by atoms with Crippen molar-refractivity contribution in [3.05, 3.63) is 72.3 Å². The molecule has 0 spiro atoms. The topological polar surface area (TPSA) is 72.8 Å². The van der Waals surface area contributed by atoms with Crippen LogP contribution in [0.2, 0.25) is 0 Å². The van der Waals surface area contributed by atoms with E-state index in [1.807, 2.05) is 30.3 Å². The first-order valence-corrected chi connectivity index (χ1v) is 13.8. The number of hydrogen-bond donors (Lipinski definition) is 0. The molecule has 3 unspecified atom stereocenters. The molecule has 0 radical (unpaired) electrons. The molecule has 6 rings (SSSR count). The van der Waals surface area contributed by atoms with E-state index in [1.165, 1.54) is 0 Å². The van der Waals surface area contributed by atoms with Crippen LogP contribution >= 0.6 is 0 Å². The first-order valence-electron chi connectivity index (χ1n) is 13.8. The lowest BCUT2D eigenvalue weighted by molar-refractivity contribution is -0.00570. The Labute approximate surface area is 229 Å². The van der Waals surface area contributed by atoms with Gasteiger partial charge in [0.25, 0.3) is 0 Å². The third kappa shape index (κ3) is 5.67. The summed E-state index contributed by atoms with van der Waals surface area (Å²) in [5, 5.41) is 0.954. The largest absolute Gasteiger partial charge is 0.486 e. The molecule has 2 aliphatic heterocycles. The fraction of sp³-hybridized carbons (Fsp3) is 0.387. The smallest absolute Gasteiger partial charge is 0.229 e. The Bertz CT molecular complexity index is 1400. The molecular weight excluding hydrogens is 490 g/mol. The molecule has 8 nitrogen and oxygen atoms in total. The molecule has 0 amide bonds. The van der Waals surface area contributed by atoms with Crippen LogP contribution in [-0.2, 0) is 9.47 Å². The molecule has 39 heavy (non-hydrogen) atoms. The third-order valence-corrected chi connectivity index (χ3v) is 7.27. The van der Waals surface area contributed by atoms with Gasteiger partial charge in [-0.1, -0.05) is 30.3 Å². The summed E-state index contributed by atoms with van der Waals surface area (Å²) in [6, 6.07) is 22.5. The van der Waals surface area contributed by atoms with Crippen LogP contribution in [0.5, 0.6) is 5.75 Å². The van der Waals surface area contributed by atoms with Gasteiger partial charge in [-0.15, -0.1) is 0 Å². The van der Waals surface area contributed by atoms with Crippen molar-refractivity contribution < 1.29 is 14.2 Å². The van der Waals surface area contributed by atoms with Crippen molar-refractivity contribution in [1.29, 1.82) is 0 Å². The predicted octanol–water partition coefficient (Wildman–Crippen LogP) is 5.28. The number of ether oxygens (including phenoxy) is 3. The van der Waals surface area contributed by atoms with E-state index in [1.54, 1.807) is 0 Å². The summed E-state index contributed by atoms with van der Waals surface area (Å²) >= 11 is 0. The maximum Gasteiger partial charge on any atom is 0.229 e. The molecule has 2 aliphatic rings. The molecule has 2 aromatic heterocycles. The maximum atomic E-state index is 6.17. The van der Waals surface area contributed by atoms with Gasteiger partial charge >= 0.3 is 0 Å². The molecule has 2 aromatic carbocycles. The van der Waals surface area contributed by atoms with Crippen LogP contribution in [0.15, 0.2) is 66.7 Å². The summed E-state index contributed by atoms with van der Waals surface area (Å²) in [4.78, 5) is 19.5. The first-order chi connectivity index (χ1) is 19.0. The molecule has 0 bridgehead atoms. The van der Waals surface area contributed by atoms with E-state index in [0.717, 1.165) is 60.0 Å². The van der Waals surface area contributed by atoms with E-state index in [2.05, 4.69) is 67.0 Å². The van der Waals surface area contributed by atoms with Gasteiger partial charge in [-0.2, -0.15) is 9.97 Å². The van der Waals surface area contributed by atoms with Gasteiger partial charge in [0.05, 0.1) is 36.5 Å². The SMILES string of the molecule is CC1CN(c2nc(N3CCOCC3)c3ccc(-c4ccc(OC(C)c5ccccc5)cc4)nc3n2)CC(C)O1. The summed E-state index contributed by atoms with van der Waals surface area (Å²) < 4.78 is 17.7. The van der Waals surface area contributed by atoms with Crippen molar-refractivity contribution >= 4 is 22.8 Å². The first kappa shape index (κ1) is 25.5. The third-order valence-electron chi connectivity index (χ3n) is 7.27. The molecule has 4 aromatic rings. The molecule has 0 aliphatic carbocycles. The number of pyridine rings is 1. The van der Waals surface area contributed by atoms with Gasteiger partial charge in [-0.05, 0) is 62.7 Å². The zero-order chi connectivity index (χ0) is 26.8. The average Bonchev–Trinajstić information content (AvgIpc) is 2.97. The number of hydrogen-bond acceptors (Lipinski definition) is 8. The second-order valence-corrected chi connectivity index (χ2v) is 10.4. The van der Waals surface area contributed by atoms with Crippen LogP contribution in [-0.4, -0.2) is 66.6 Å². The van der Waals surface area contributed by atoms with Gasteiger partial charge < -0.3 is 24.0 Å². The maximum absolute atomic E-state index is 6.17. The second kappa shape index (κ2) is 11.2. The molecule has 0 saturated carbocycles. The van der Waals surface area contributed by atoms with E-state index in [0.29, 0.717) is 24.8 Å².